The van der Waals surface area contributed by atoms with Crippen molar-refractivity contribution in [3.63, 3.8) is 0 Å². The molecule has 5 nitrogen and oxygen atoms in total. The predicted molar refractivity (Wildman–Crippen MR) is 100 cm³/mol. The molecule has 2 heterocycles. The zero-order valence-electron chi connectivity index (χ0n) is 14.2. The highest BCUT2D eigenvalue weighted by molar-refractivity contribution is 5.90. The van der Waals surface area contributed by atoms with Crippen LogP contribution in [0.2, 0.25) is 0 Å². The van der Waals surface area contributed by atoms with E-state index in [1.165, 1.54) is 19.3 Å². The smallest absolute Gasteiger partial charge is 0.162 e. The number of hydrogen-bond acceptors (Lipinski definition) is 4. The van der Waals surface area contributed by atoms with Crippen molar-refractivity contribution >= 4 is 11.0 Å². The Morgan fingerprint density at radius 2 is 1.69 bits per heavy atom. The van der Waals surface area contributed by atoms with Crippen molar-refractivity contribution in [2.24, 2.45) is 0 Å². The van der Waals surface area contributed by atoms with Crippen LogP contribution in [0.25, 0.3) is 22.3 Å². The average molecular weight is 342 g/mol. The number of rotatable bonds is 4. The lowest BCUT2D eigenvalue weighted by Crippen LogP contribution is -2.18. The summed E-state index contributed by atoms with van der Waals surface area (Å²) >= 11 is 0. The standard InChI is InChI=1S/C21H18N4O/c1-2-7-17(8-3-1)26-18-11-9-15(10-12-18)20-19-13-22-14-23-21(19)25(24-20)16-5-4-6-16/h1-3,7-14,16H,4-6H2. The minimum Gasteiger partial charge on any atom is -0.457 e. The maximum atomic E-state index is 5.88. The van der Waals surface area contributed by atoms with Crippen LogP contribution in [0.1, 0.15) is 25.3 Å². The van der Waals surface area contributed by atoms with Crippen LogP contribution >= 0.6 is 0 Å². The Labute approximate surface area is 151 Å². The lowest BCUT2D eigenvalue weighted by molar-refractivity contribution is 0.296. The molecule has 2 aromatic carbocycles. The van der Waals surface area contributed by atoms with E-state index in [1.54, 1.807) is 6.33 Å². The van der Waals surface area contributed by atoms with Crippen LogP contribution in [0.5, 0.6) is 11.5 Å². The first-order valence-electron chi connectivity index (χ1n) is 8.90. The van der Waals surface area contributed by atoms with Crippen molar-refractivity contribution in [2.45, 2.75) is 25.3 Å². The normalized spacial score (nSPS) is 14.3. The molecule has 0 saturated heterocycles. The van der Waals surface area contributed by atoms with Gasteiger partial charge in [-0.05, 0) is 55.7 Å². The maximum absolute atomic E-state index is 5.88. The molecule has 5 heteroatoms. The second-order valence-corrected chi connectivity index (χ2v) is 6.58. The molecule has 0 amide bonds. The molecule has 5 rings (SSSR count). The molecule has 0 N–H and O–H groups in total. The molecular formula is C21H18N4O. The van der Waals surface area contributed by atoms with Gasteiger partial charge in [-0.25, -0.2) is 14.6 Å². The number of ether oxygens (including phenoxy) is 1. The molecule has 1 aliphatic rings. The SMILES string of the molecule is c1ccc(Oc2ccc(-c3nn(C4CCC4)c4ncncc34)cc2)cc1. The van der Waals surface area contributed by atoms with E-state index in [4.69, 9.17) is 9.84 Å². The van der Waals surface area contributed by atoms with E-state index in [0.29, 0.717) is 6.04 Å². The molecule has 128 valence electrons. The minimum absolute atomic E-state index is 0.460. The Morgan fingerprint density at radius 3 is 2.42 bits per heavy atom. The molecule has 0 atom stereocenters. The van der Waals surface area contributed by atoms with E-state index in [0.717, 1.165) is 33.8 Å². The summed E-state index contributed by atoms with van der Waals surface area (Å²) in [5.74, 6) is 1.63. The molecule has 2 aromatic heterocycles. The van der Waals surface area contributed by atoms with E-state index in [1.807, 2.05) is 60.8 Å². The topological polar surface area (TPSA) is 52.8 Å². The van der Waals surface area contributed by atoms with Crippen molar-refractivity contribution in [3.05, 3.63) is 67.1 Å². The van der Waals surface area contributed by atoms with E-state index < -0.39 is 0 Å². The van der Waals surface area contributed by atoms with Gasteiger partial charge in [-0.15, -0.1) is 0 Å². The molecule has 0 bridgehead atoms. The van der Waals surface area contributed by atoms with Gasteiger partial charge in [-0.2, -0.15) is 5.10 Å². The number of aromatic nitrogens is 4. The quantitative estimate of drug-likeness (QED) is 0.523. The molecule has 26 heavy (non-hydrogen) atoms. The molecular weight excluding hydrogens is 324 g/mol. The van der Waals surface area contributed by atoms with Crippen LogP contribution in [-0.4, -0.2) is 19.7 Å². The van der Waals surface area contributed by atoms with Crippen molar-refractivity contribution in [3.8, 4) is 22.8 Å². The predicted octanol–water partition coefficient (Wildman–Crippen LogP) is 5.01. The molecule has 4 aromatic rings. The minimum atomic E-state index is 0.460. The van der Waals surface area contributed by atoms with Crippen LogP contribution in [0, 0.1) is 0 Å². The van der Waals surface area contributed by atoms with E-state index in [9.17, 15) is 0 Å². The van der Waals surface area contributed by atoms with Gasteiger partial charge in [0.2, 0.25) is 0 Å². The van der Waals surface area contributed by atoms with Crippen molar-refractivity contribution in [1.29, 1.82) is 0 Å². The monoisotopic (exact) mass is 342 g/mol. The number of hydrogen-bond donors (Lipinski definition) is 0. The lowest BCUT2D eigenvalue weighted by Gasteiger charge is -2.25. The largest absolute Gasteiger partial charge is 0.457 e. The van der Waals surface area contributed by atoms with Crippen molar-refractivity contribution in [2.75, 3.05) is 0 Å². The number of benzene rings is 2. The van der Waals surface area contributed by atoms with Gasteiger partial charge in [0.25, 0.3) is 0 Å². The van der Waals surface area contributed by atoms with E-state index >= 15 is 0 Å². The van der Waals surface area contributed by atoms with Gasteiger partial charge < -0.3 is 4.74 Å². The average Bonchev–Trinajstić information content (AvgIpc) is 3.01. The fourth-order valence-electron chi connectivity index (χ4n) is 3.29. The lowest BCUT2D eigenvalue weighted by atomic mass is 9.93. The zero-order valence-corrected chi connectivity index (χ0v) is 14.2. The molecule has 1 fully saturated rings. The second kappa shape index (κ2) is 6.26. The van der Waals surface area contributed by atoms with Crippen LogP contribution in [-0.2, 0) is 0 Å². The molecule has 0 aliphatic heterocycles. The molecule has 0 radical (unpaired) electrons. The molecule has 1 aliphatic carbocycles. The molecule has 1 saturated carbocycles. The summed E-state index contributed by atoms with van der Waals surface area (Å²) in [6.45, 7) is 0. The van der Waals surface area contributed by atoms with Crippen molar-refractivity contribution in [1.82, 2.24) is 19.7 Å². The van der Waals surface area contributed by atoms with Gasteiger partial charge >= 0.3 is 0 Å². The Bertz CT molecular complexity index is 1040. The number of fused-ring (bicyclic) bond motifs is 1. The summed E-state index contributed by atoms with van der Waals surface area (Å²) < 4.78 is 7.95. The van der Waals surface area contributed by atoms with Gasteiger partial charge in [0, 0.05) is 11.8 Å². The fraction of sp³-hybridized carbons (Fsp3) is 0.190. The van der Waals surface area contributed by atoms with Crippen LogP contribution in [0.3, 0.4) is 0 Å². The van der Waals surface area contributed by atoms with Crippen LogP contribution in [0.4, 0.5) is 0 Å². The van der Waals surface area contributed by atoms with Gasteiger partial charge in [0.05, 0.1) is 11.4 Å². The first kappa shape index (κ1) is 15.1. The first-order valence-corrected chi connectivity index (χ1v) is 8.90. The van der Waals surface area contributed by atoms with Crippen LogP contribution in [0.15, 0.2) is 67.1 Å². The Balaban J connectivity index is 1.50. The third kappa shape index (κ3) is 2.62. The number of para-hydroxylation sites is 1. The summed E-state index contributed by atoms with van der Waals surface area (Å²) in [6.07, 6.45) is 7.06. The highest BCUT2D eigenvalue weighted by atomic mass is 16.5. The summed E-state index contributed by atoms with van der Waals surface area (Å²) in [5.41, 5.74) is 2.89. The highest BCUT2D eigenvalue weighted by Gasteiger charge is 2.24. The van der Waals surface area contributed by atoms with Gasteiger partial charge in [-0.3, -0.25) is 0 Å². The van der Waals surface area contributed by atoms with Gasteiger partial charge in [-0.1, -0.05) is 18.2 Å². The molecule has 0 spiro atoms. The molecule has 0 unspecified atom stereocenters. The zero-order chi connectivity index (χ0) is 17.3. The Morgan fingerprint density at radius 1 is 0.923 bits per heavy atom. The highest BCUT2D eigenvalue weighted by Crippen LogP contribution is 2.36. The number of nitrogens with zero attached hydrogens (tertiary/aromatic N) is 4. The summed E-state index contributed by atoms with van der Waals surface area (Å²) in [5, 5.41) is 5.86. The van der Waals surface area contributed by atoms with Crippen molar-refractivity contribution < 1.29 is 4.74 Å². The van der Waals surface area contributed by atoms with Gasteiger partial charge in [0.15, 0.2) is 5.65 Å². The van der Waals surface area contributed by atoms with E-state index in [-0.39, 0.29) is 0 Å². The maximum Gasteiger partial charge on any atom is 0.162 e. The third-order valence-corrected chi connectivity index (χ3v) is 4.90. The third-order valence-electron chi connectivity index (χ3n) is 4.90. The summed E-state index contributed by atoms with van der Waals surface area (Å²) in [7, 11) is 0. The van der Waals surface area contributed by atoms with Gasteiger partial charge in [0.1, 0.15) is 23.5 Å². The first-order chi connectivity index (χ1) is 12.9. The summed E-state index contributed by atoms with van der Waals surface area (Å²) in [6, 6.07) is 18.3. The Kier molecular flexibility index (Phi) is 3.63. The van der Waals surface area contributed by atoms with E-state index in [2.05, 4.69) is 14.6 Å². The fourth-order valence-corrected chi connectivity index (χ4v) is 3.29. The second-order valence-electron chi connectivity index (χ2n) is 6.58. The Hall–Kier alpha value is -3.21. The summed E-state index contributed by atoms with van der Waals surface area (Å²) in [4.78, 5) is 8.67. The van der Waals surface area contributed by atoms with Crippen LogP contribution < -0.4 is 4.74 Å².